The van der Waals surface area contributed by atoms with Crippen LogP contribution in [0.5, 0.6) is 11.6 Å². The molecular formula is C28H30ClN3O4S. The minimum atomic E-state index is -2.54. The van der Waals surface area contributed by atoms with Crippen LogP contribution in [0.4, 0.5) is 5.69 Å². The standard InChI is InChI=1S/C28H30ClN3O4S/c1-6-37(34,7-2)31-26-23(35-5)15-14-22(25(26)29)27(33)24-18(3)30-32(4)28(24)36-17-19-12-13-20-10-8-9-11-21(20)16-19/h6,8-16H,7,17H2,1-5H3,(H,31,34). The normalized spacial score (nSPS) is 12.7. The molecule has 194 valence electrons. The Kier molecular flexibility index (Phi) is 7.80. The van der Waals surface area contributed by atoms with E-state index in [9.17, 15) is 9.00 Å². The average molecular weight is 540 g/mol. The number of benzene rings is 3. The summed E-state index contributed by atoms with van der Waals surface area (Å²) in [6.07, 6.45) is 0. The van der Waals surface area contributed by atoms with Crippen LogP contribution in [0.1, 0.15) is 41.0 Å². The number of hydrogen-bond donors (Lipinski definition) is 1. The summed E-state index contributed by atoms with van der Waals surface area (Å²) >= 11 is 6.73. The van der Waals surface area contributed by atoms with E-state index in [1.807, 2.05) is 37.3 Å². The summed E-state index contributed by atoms with van der Waals surface area (Å²) in [5, 5.41) is 8.40. The van der Waals surface area contributed by atoms with Gasteiger partial charge in [-0.15, -0.1) is 0 Å². The zero-order valence-electron chi connectivity index (χ0n) is 21.5. The smallest absolute Gasteiger partial charge is 0.223 e. The van der Waals surface area contributed by atoms with E-state index < -0.39 is 9.71 Å². The predicted molar refractivity (Wildman–Crippen MR) is 152 cm³/mol. The van der Waals surface area contributed by atoms with Crippen LogP contribution in [0.2, 0.25) is 5.02 Å². The Morgan fingerprint density at radius 3 is 2.57 bits per heavy atom. The van der Waals surface area contributed by atoms with Crippen molar-refractivity contribution in [2.75, 3.05) is 17.6 Å². The number of nitrogens with zero attached hydrogens (tertiary/aromatic N) is 2. The number of nitrogens with one attached hydrogen (secondary N) is 1. The van der Waals surface area contributed by atoms with Gasteiger partial charge in [0.1, 0.15) is 23.6 Å². The highest BCUT2D eigenvalue weighted by Crippen LogP contribution is 2.38. The van der Waals surface area contributed by atoms with E-state index >= 15 is 0 Å². The minimum absolute atomic E-state index is 0.121. The summed E-state index contributed by atoms with van der Waals surface area (Å²) in [6, 6.07) is 17.4. The third-order valence-electron chi connectivity index (χ3n) is 6.24. The molecule has 0 bridgehead atoms. The number of carbonyl (C=O) groups is 1. The molecule has 0 fully saturated rings. The third-order valence-corrected chi connectivity index (χ3v) is 8.80. The first-order chi connectivity index (χ1) is 17.7. The van der Waals surface area contributed by atoms with Gasteiger partial charge in [0.2, 0.25) is 11.7 Å². The van der Waals surface area contributed by atoms with Crippen molar-refractivity contribution >= 4 is 48.9 Å². The lowest BCUT2D eigenvalue weighted by Crippen LogP contribution is -2.18. The van der Waals surface area contributed by atoms with Gasteiger partial charge >= 0.3 is 0 Å². The second-order valence-corrected chi connectivity index (χ2v) is 11.6. The van der Waals surface area contributed by atoms with Gasteiger partial charge in [-0.3, -0.25) is 4.79 Å². The van der Waals surface area contributed by atoms with Crippen LogP contribution < -0.4 is 14.2 Å². The van der Waals surface area contributed by atoms with Crippen molar-refractivity contribution in [2.45, 2.75) is 27.4 Å². The molecule has 9 heteroatoms. The number of ketones is 1. The second-order valence-electron chi connectivity index (χ2n) is 8.55. The molecule has 0 amide bonds. The summed E-state index contributed by atoms with van der Waals surface area (Å²) in [4.78, 5) is 13.8. The van der Waals surface area contributed by atoms with Crippen molar-refractivity contribution in [1.29, 1.82) is 0 Å². The minimum Gasteiger partial charge on any atom is -0.495 e. The number of halogens is 1. The molecule has 7 nitrogen and oxygen atoms in total. The molecule has 1 heterocycles. The average Bonchev–Trinajstić information content (AvgIpc) is 3.20. The zero-order valence-corrected chi connectivity index (χ0v) is 23.1. The first-order valence-corrected chi connectivity index (χ1v) is 14.0. The highest BCUT2D eigenvalue weighted by Gasteiger charge is 2.27. The molecule has 0 aliphatic carbocycles. The number of ether oxygens (including phenoxy) is 2. The highest BCUT2D eigenvalue weighted by atomic mass is 35.5. The lowest BCUT2D eigenvalue weighted by molar-refractivity contribution is 0.103. The molecule has 1 aromatic heterocycles. The molecule has 0 aliphatic heterocycles. The molecule has 1 N–H and O–H groups in total. The molecule has 1 unspecified atom stereocenters. The SMILES string of the molecule is CC=S(=O)(CC)Nc1c(OC)ccc(C(=O)c2c(C)nn(C)c2OCc2ccc3ccccc3c2)c1Cl. The molecule has 1 atom stereocenters. The van der Waals surface area contributed by atoms with Gasteiger partial charge in [0, 0.05) is 28.1 Å². The van der Waals surface area contributed by atoms with Crippen LogP contribution in [0, 0.1) is 6.92 Å². The number of hydrogen-bond acceptors (Lipinski definition) is 5. The Labute approximate surface area is 222 Å². The van der Waals surface area contributed by atoms with Gasteiger partial charge in [-0.1, -0.05) is 54.9 Å². The molecular weight excluding hydrogens is 510 g/mol. The molecule has 37 heavy (non-hydrogen) atoms. The van der Waals surface area contributed by atoms with Crippen molar-refractivity contribution in [3.63, 3.8) is 0 Å². The van der Waals surface area contributed by atoms with E-state index in [1.54, 1.807) is 43.1 Å². The van der Waals surface area contributed by atoms with E-state index in [-0.39, 0.29) is 23.0 Å². The van der Waals surface area contributed by atoms with Crippen molar-refractivity contribution in [3.8, 4) is 11.6 Å². The third kappa shape index (κ3) is 5.31. The Morgan fingerprint density at radius 1 is 1.16 bits per heavy atom. The first-order valence-electron chi connectivity index (χ1n) is 11.9. The Hall–Kier alpha value is -3.49. The number of aryl methyl sites for hydroxylation is 2. The largest absolute Gasteiger partial charge is 0.495 e. The molecule has 0 radical (unpaired) electrons. The van der Waals surface area contributed by atoms with Gasteiger partial charge < -0.3 is 14.2 Å². The molecule has 0 saturated heterocycles. The maximum absolute atomic E-state index is 13.8. The van der Waals surface area contributed by atoms with Crippen LogP contribution in [0.15, 0.2) is 54.6 Å². The van der Waals surface area contributed by atoms with E-state index in [1.165, 1.54) is 7.11 Å². The van der Waals surface area contributed by atoms with Crippen molar-refractivity contribution in [1.82, 2.24) is 9.78 Å². The highest BCUT2D eigenvalue weighted by molar-refractivity contribution is 8.02. The van der Waals surface area contributed by atoms with Crippen LogP contribution in [0.25, 0.3) is 10.8 Å². The van der Waals surface area contributed by atoms with Gasteiger partial charge in [0.05, 0.1) is 17.8 Å². The topological polar surface area (TPSA) is 82.5 Å². The first kappa shape index (κ1) is 26.6. The van der Waals surface area contributed by atoms with E-state index in [0.29, 0.717) is 34.3 Å². The molecule has 0 aliphatic rings. The van der Waals surface area contributed by atoms with Gasteiger partial charge in [-0.05, 0) is 53.7 Å². The summed E-state index contributed by atoms with van der Waals surface area (Å²) in [5.74, 6) is 0.741. The van der Waals surface area contributed by atoms with Crippen LogP contribution in [-0.4, -0.2) is 38.0 Å². The fourth-order valence-electron chi connectivity index (χ4n) is 4.15. The monoisotopic (exact) mass is 539 g/mol. The number of anilines is 1. The number of aromatic nitrogens is 2. The van der Waals surface area contributed by atoms with Gasteiger partial charge in [0.15, 0.2) is 0 Å². The van der Waals surface area contributed by atoms with E-state index in [4.69, 9.17) is 21.1 Å². The molecule has 4 aromatic rings. The zero-order chi connectivity index (χ0) is 26.7. The molecule has 0 spiro atoms. The van der Waals surface area contributed by atoms with Gasteiger partial charge in [-0.2, -0.15) is 5.10 Å². The summed E-state index contributed by atoms with van der Waals surface area (Å²) in [5.41, 5.74) is 2.34. The summed E-state index contributed by atoms with van der Waals surface area (Å²) < 4.78 is 29.2. The van der Waals surface area contributed by atoms with Gasteiger partial charge in [-0.25, -0.2) is 8.89 Å². The van der Waals surface area contributed by atoms with Crippen LogP contribution >= 0.6 is 11.6 Å². The maximum Gasteiger partial charge on any atom is 0.223 e. The quantitative estimate of drug-likeness (QED) is 0.214. The van der Waals surface area contributed by atoms with Crippen molar-refractivity contribution < 1.29 is 18.5 Å². The van der Waals surface area contributed by atoms with E-state index in [2.05, 4.69) is 22.0 Å². The van der Waals surface area contributed by atoms with Crippen LogP contribution in [-0.2, 0) is 23.4 Å². The maximum atomic E-state index is 13.8. The fourth-order valence-corrected chi connectivity index (χ4v) is 5.64. The second kappa shape index (κ2) is 10.9. The van der Waals surface area contributed by atoms with Crippen molar-refractivity contribution in [2.24, 2.45) is 7.05 Å². The number of carbonyl (C=O) groups excluding carboxylic acids is 1. The van der Waals surface area contributed by atoms with Gasteiger partial charge in [0.25, 0.3) is 0 Å². The van der Waals surface area contributed by atoms with Crippen molar-refractivity contribution in [3.05, 3.63) is 82.0 Å². The number of fused-ring (bicyclic) bond motifs is 1. The lowest BCUT2D eigenvalue weighted by atomic mass is 10.0. The predicted octanol–water partition coefficient (Wildman–Crippen LogP) is 5.81. The Bertz CT molecular complexity index is 1600. The number of rotatable bonds is 9. The molecule has 3 aromatic carbocycles. The van der Waals surface area contributed by atoms with E-state index in [0.717, 1.165) is 16.3 Å². The van der Waals surface area contributed by atoms with Crippen LogP contribution in [0.3, 0.4) is 0 Å². The summed E-state index contributed by atoms with van der Waals surface area (Å²) in [7, 11) is 0.684. The fraction of sp³-hybridized carbons (Fsp3) is 0.250. The number of methoxy groups -OCH3 is 1. The Balaban J connectivity index is 1.70. The Morgan fingerprint density at radius 2 is 1.89 bits per heavy atom. The lowest BCUT2D eigenvalue weighted by Gasteiger charge is -2.18. The summed E-state index contributed by atoms with van der Waals surface area (Å²) in [6.45, 7) is 5.54. The molecule has 0 saturated carbocycles. The molecule has 4 rings (SSSR count).